The number of ether oxygens (including phenoxy) is 1. The quantitative estimate of drug-likeness (QED) is 0.539. The van der Waals surface area contributed by atoms with Crippen LogP contribution in [-0.4, -0.2) is 30.5 Å². The molecule has 4 heteroatoms. The molecule has 14 heavy (non-hydrogen) atoms. The van der Waals surface area contributed by atoms with Gasteiger partial charge < -0.3 is 10.1 Å². The first-order chi connectivity index (χ1) is 6.66. The van der Waals surface area contributed by atoms with E-state index in [1.165, 1.54) is 0 Å². The highest BCUT2D eigenvalue weighted by molar-refractivity contribution is 9.09. The average molecular weight is 266 g/mol. The van der Waals surface area contributed by atoms with Gasteiger partial charge in [-0.1, -0.05) is 29.8 Å². The van der Waals surface area contributed by atoms with Gasteiger partial charge in [-0.15, -0.1) is 0 Å². The van der Waals surface area contributed by atoms with Gasteiger partial charge in [-0.25, -0.2) is 0 Å². The first kappa shape index (κ1) is 13.9. The van der Waals surface area contributed by atoms with E-state index in [1.54, 1.807) is 0 Å². The van der Waals surface area contributed by atoms with Crippen LogP contribution in [0.15, 0.2) is 0 Å². The van der Waals surface area contributed by atoms with E-state index in [9.17, 15) is 4.79 Å². The van der Waals surface area contributed by atoms with E-state index in [0.29, 0.717) is 11.4 Å². The van der Waals surface area contributed by atoms with Gasteiger partial charge in [0.15, 0.2) is 0 Å². The minimum absolute atomic E-state index is 0.0133. The lowest BCUT2D eigenvalue weighted by Crippen LogP contribution is -2.28. The predicted octanol–water partition coefficient (Wildman–Crippen LogP) is 2.09. The van der Waals surface area contributed by atoms with E-state index < -0.39 is 0 Å². The molecule has 1 N–H and O–H groups in total. The topological polar surface area (TPSA) is 38.3 Å². The second-order valence-electron chi connectivity index (χ2n) is 3.33. The first-order valence-corrected chi connectivity index (χ1v) is 6.07. The molecular weight excluding hydrogens is 246 g/mol. The molecule has 0 aliphatic heterocycles. The summed E-state index contributed by atoms with van der Waals surface area (Å²) in [6, 6.07) is 0. The van der Waals surface area contributed by atoms with E-state index in [4.69, 9.17) is 4.74 Å². The third kappa shape index (κ3) is 9.99. The van der Waals surface area contributed by atoms with E-state index in [0.717, 1.165) is 25.8 Å². The number of amides is 1. The largest absolute Gasteiger partial charge is 0.372 e. The Balaban J connectivity index is 3.18. The molecule has 1 unspecified atom stereocenters. The summed E-state index contributed by atoms with van der Waals surface area (Å²) in [6.07, 6.45) is 3.04. The molecule has 0 aromatic carbocycles. The van der Waals surface area contributed by atoms with Gasteiger partial charge in [-0.3, -0.25) is 4.79 Å². The van der Waals surface area contributed by atoms with Crippen LogP contribution in [0.3, 0.4) is 0 Å². The third-order valence-electron chi connectivity index (χ3n) is 1.68. The second-order valence-corrected chi connectivity index (χ2v) is 4.89. The van der Waals surface area contributed by atoms with Crippen molar-refractivity contribution < 1.29 is 9.53 Å². The highest BCUT2D eigenvalue weighted by Crippen LogP contribution is 2.04. The molecule has 0 saturated carbocycles. The molecule has 0 saturated heterocycles. The fourth-order valence-corrected chi connectivity index (χ4v) is 1.30. The Morgan fingerprint density at radius 1 is 1.57 bits per heavy atom. The first-order valence-electron chi connectivity index (χ1n) is 5.15. The Labute approximate surface area is 94.7 Å². The molecule has 0 aromatic rings. The lowest BCUT2D eigenvalue weighted by molar-refractivity contribution is -0.125. The van der Waals surface area contributed by atoms with E-state index in [-0.39, 0.29) is 12.5 Å². The summed E-state index contributed by atoms with van der Waals surface area (Å²) in [4.78, 5) is 11.6. The molecule has 0 bridgehead atoms. The zero-order valence-corrected chi connectivity index (χ0v) is 10.6. The molecule has 1 amide bonds. The number of hydrogen-bond acceptors (Lipinski definition) is 2. The summed E-state index contributed by atoms with van der Waals surface area (Å²) in [7, 11) is 0. The van der Waals surface area contributed by atoms with Crippen molar-refractivity contribution in [3.8, 4) is 0 Å². The summed E-state index contributed by atoms with van der Waals surface area (Å²) in [5.41, 5.74) is 0. The molecule has 0 aromatic heterocycles. The highest BCUT2D eigenvalue weighted by atomic mass is 79.9. The molecule has 0 heterocycles. The van der Waals surface area contributed by atoms with Crippen LogP contribution >= 0.6 is 15.9 Å². The third-order valence-corrected chi connectivity index (χ3v) is 2.14. The fraction of sp³-hybridized carbons (Fsp3) is 0.900. The highest BCUT2D eigenvalue weighted by Gasteiger charge is 2.00. The zero-order valence-electron chi connectivity index (χ0n) is 9.01. The number of nitrogens with one attached hydrogen (secondary N) is 1. The van der Waals surface area contributed by atoms with Crippen molar-refractivity contribution in [1.29, 1.82) is 0 Å². The maximum Gasteiger partial charge on any atom is 0.245 e. The van der Waals surface area contributed by atoms with E-state index in [2.05, 4.69) is 28.2 Å². The maximum absolute atomic E-state index is 11.1. The number of carbonyl (C=O) groups excluding carboxylic acids is 1. The molecule has 84 valence electrons. The van der Waals surface area contributed by atoms with Gasteiger partial charge in [0.2, 0.25) is 5.91 Å². The molecular formula is C10H20BrNO2. The van der Waals surface area contributed by atoms with Crippen LogP contribution in [-0.2, 0) is 9.53 Å². The van der Waals surface area contributed by atoms with Gasteiger partial charge in [-0.2, -0.15) is 0 Å². The van der Waals surface area contributed by atoms with Crippen LogP contribution in [0.5, 0.6) is 0 Å². The van der Waals surface area contributed by atoms with Crippen LogP contribution in [0, 0.1) is 0 Å². The smallest absolute Gasteiger partial charge is 0.245 e. The molecule has 0 fully saturated rings. The number of hydrogen-bond donors (Lipinski definition) is 1. The molecule has 0 aliphatic carbocycles. The van der Waals surface area contributed by atoms with Crippen molar-refractivity contribution in [3.63, 3.8) is 0 Å². The Bertz CT molecular complexity index is 151. The molecule has 3 nitrogen and oxygen atoms in total. The fourth-order valence-electron chi connectivity index (χ4n) is 0.971. The standard InChI is InChI=1S/C10H20BrNO2/c1-3-7-14-8-10(13)12-6-4-5-9(2)11/h9H,3-8H2,1-2H3,(H,12,13). The summed E-state index contributed by atoms with van der Waals surface area (Å²) >= 11 is 3.46. The van der Waals surface area contributed by atoms with Gasteiger partial charge in [-0.05, 0) is 19.3 Å². The van der Waals surface area contributed by atoms with Gasteiger partial charge in [0.05, 0.1) is 0 Å². The Morgan fingerprint density at radius 3 is 2.86 bits per heavy atom. The van der Waals surface area contributed by atoms with Crippen molar-refractivity contribution in [3.05, 3.63) is 0 Å². The molecule has 0 spiro atoms. The second kappa shape index (κ2) is 9.46. The van der Waals surface area contributed by atoms with Crippen molar-refractivity contribution in [1.82, 2.24) is 5.32 Å². The number of alkyl halides is 1. The van der Waals surface area contributed by atoms with Crippen LogP contribution in [0.25, 0.3) is 0 Å². The Kier molecular flexibility index (Phi) is 9.40. The molecule has 0 aliphatic rings. The van der Waals surface area contributed by atoms with Crippen molar-refractivity contribution in [2.24, 2.45) is 0 Å². The van der Waals surface area contributed by atoms with Crippen molar-refractivity contribution >= 4 is 21.8 Å². The predicted molar refractivity (Wildman–Crippen MR) is 61.7 cm³/mol. The average Bonchev–Trinajstić information content (AvgIpc) is 2.13. The summed E-state index contributed by atoms with van der Waals surface area (Å²) in [6.45, 7) is 5.72. The minimum atomic E-state index is -0.0133. The lowest BCUT2D eigenvalue weighted by atomic mass is 10.2. The van der Waals surface area contributed by atoms with Crippen molar-refractivity contribution in [2.45, 2.75) is 37.9 Å². The monoisotopic (exact) mass is 265 g/mol. The van der Waals surface area contributed by atoms with E-state index in [1.807, 2.05) is 6.92 Å². The van der Waals surface area contributed by atoms with Crippen LogP contribution < -0.4 is 5.32 Å². The zero-order chi connectivity index (χ0) is 10.8. The lowest BCUT2D eigenvalue weighted by Gasteiger charge is -2.06. The Morgan fingerprint density at radius 2 is 2.29 bits per heavy atom. The summed E-state index contributed by atoms with van der Waals surface area (Å²) < 4.78 is 5.10. The maximum atomic E-state index is 11.1. The number of halogens is 1. The number of rotatable bonds is 8. The van der Waals surface area contributed by atoms with Gasteiger partial charge in [0.25, 0.3) is 0 Å². The molecule has 0 rings (SSSR count). The normalized spacial score (nSPS) is 12.5. The Hall–Kier alpha value is -0.0900. The minimum Gasteiger partial charge on any atom is -0.372 e. The SMILES string of the molecule is CCCOCC(=O)NCCCC(C)Br. The van der Waals surface area contributed by atoms with Crippen LogP contribution in [0.4, 0.5) is 0 Å². The summed E-state index contributed by atoms with van der Waals surface area (Å²) in [5, 5.41) is 2.81. The van der Waals surface area contributed by atoms with Crippen LogP contribution in [0.1, 0.15) is 33.1 Å². The molecule has 1 atom stereocenters. The van der Waals surface area contributed by atoms with Gasteiger partial charge in [0, 0.05) is 18.0 Å². The van der Waals surface area contributed by atoms with Crippen LogP contribution in [0.2, 0.25) is 0 Å². The number of carbonyl (C=O) groups is 1. The summed E-state index contributed by atoms with van der Waals surface area (Å²) in [5.74, 6) is -0.0133. The molecule has 0 radical (unpaired) electrons. The van der Waals surface area contributed by atoms with Gasteiger partial charge in [0.1, 0.15) is 6.61 Å². The van der Waals surface area contributed by atoms with Crippen molar-refractivity contribution in [2.75, 3.05) is 19.8 Å². The van der Waals surface area contributed by atoms with Gasteiger partial charge >= 0.3 is 0 Å². The van der Waals surface area contributed by atoms with E-state index >= 15 is 0 Å².